The van der Waals surface area contributed by atoms with Crippen molar-refractivity contribution in [3.63, 3.8) is 0 Å². The molecule has 0 aliphatic rings. The summed E-state index contributed by atoms with van der Waals surface area (Å²) in [6.45, 7) is 0. The van der Waals surface area contributed by atoms with Crippen LogP contribution in [0.5, 0.6) is 0 Å². The molecule has 0 saturated carbocycles. The second-order valence-electron chi connectivity index (χ2n) is 2.95. The molecule has 1 aromatic carbocycles. The zero-order chi connectivity index (χ0) is 9.68. The number of nitrogens with two attached hydrogens (primary N) is 1. The number of carbonyl (C=O) groups is 1. The maximum absolute atomic E-state index is 10.2. The van der Waals surface area contributed by atoms with E-state index in [1.54, 1.807) is 0 Å². The number of benzene rings is 1. The molecule has 4 heteroatoms. The van der Waals surface area contributed by atoms with E-state index in [1.807, 2.05) is 24.3 Å². The van der Waals surface area contributed by atoms with Crippen LogP contribution in [0.15, 0.2) is 24.3 Å². The Morgan fingerprint density at radius 3 is 2.57 bits per heavy atom. The molecule has 3 nitrogen and oxygen atoms in total. The molecule has 0 bridgehead atoms. The Hall–Kier alpha value is -1.22. The summed E-state index contributed by atoms with van der Waals surface area (Å²) in [6.07, 6.45) is 1.58. The highest BCUT2D eigenvalue weighted by Gasteiger charge is 2.00. The quantitative estimate of drug-likeness (QED) is 0.756. The van der Waals surface area contributed by atoms with Crippen molar-refractivity contribution in [3.05, 3.63) is 29.8 Å². The number of rotatable bonds is 4. The van der Waals surface area contributed by atoms with E-state index in [-0.39, 0.29) is 18.8 Å². The van der Waals surface area contributed by atoms with E-state index in [1.165, 1.54) is 0 Å². The molecule has 14 heavy (non-hydrogen) atoms. The zero-order valence-electron chi connectivity index (χ0n) is 7.77. The summed E-state index contributed by atoms with van der Waals surface area (Å²) in [7, 11) is 0. The monoisotopic (exact) mass is 215 g/mol. The fourth-order valence-corrected chi connectivity index (χ4v) is 1.19. The summed E-state index contributed by atoms with van der Waals surface area (Å²) >= 11 is 0. The van der Waals surface area contributed by atoms with Gasteiger partial charge in [-0.2, -0.15) is 0 Å². The van der Waals surface area contributed by atoms with Crippen molar-refractivity contribution in [2.75, 3.05) is 5.73 Å². The summed E-state index contributed by atoms with van der Waals surface area (Å²) < 4.78 is 0. The molecule has 0 amide bonds. The number of anilines is 1. The summed E-state index contributed by atoms with van der Waals surface area (Å²) in [4.78, 5) is 10.2. The number of carboxylic acid groups (broad SMARTS) is 1. The first-order chi connectivity index (χ1) is 6.20. The van der Waals surface area contributed by atoms with Gasteiger partial charge in [-0.1, -0.05) is 18.2 Å². The lowest BCUT2D eigenvalue weighted by atomic mass is 10.1. The molecule has 0 atom stereocenters. The van der Waals surface area contributed by atoms with Gasteiger partial charge in [-0.25, -0.2) is 0 Å². The first-order valence-electron chi connectivity index (χ1n) is 4.25. The fraction of sp³-hybridized carbons (Fsp3) is 0.300. The maximum Gasteiger partial charge on any atom is 0.303 e. The van der Waals surface area contributed by atoms with Crippen LogP contribution in [0.2, 0.25) is 0 Å². The van der Waals surface area contributed by atoms with Gasteiger partial charge >= 0.3 is 5.97 Å². The Morgan fingerprint density at radius 1 is 1.36 bits per heavy atom. The Bertz CT molecular complexity index is 302. The molecule has 78 valence electrons. The van der Waals surface area contributed by atoms with E-state index < -0.39 is 5.97 Å². The lowest BCUT2D eigenvalue weighted by Gasteiger charge is -2.02. The van der Waals surface area contributed by atoms with Crippen molar-refractivity contribution in [2.24, 2.45) is 0 Å². The van der Waals surface area contributed by atoms with Gasteiger partial charge in [-0.3, -0.25) is 4.79 Å². The van der Waals surface area contributed by atoms with Crippen LogP contribution in [-0.4, -0.2) is 11.1 Å². The van der Waals surface area contributed by atoms with Crippen molar-refractivity contribution in [1.82, 2.24) is 0 Å². The van der Waals surface area contributed by atoms with Crippen LogP contribution in [0, 0.1) is 0 Å². The van der Waals surface area contributed by atoms with E-state index in [4.69, 9.17) is 10.8 Å². The van der Waals surface area contributed by atoms with Crippen molar-refractivity contribution in [1.29, 1.82) is 0 Å². The number of carboxylic acids is 1. The maximum atomic E-state index is 10.2. The average molecular weight is 216 g/mol. The molecule has 0 aliphatic heterocycles. The Labute approximate surface area is 89.3 Å². The lowest BCUT2D eigenvalue weighted by molar-refractivity contribution is -0.137. The molecule has 0 fully saturated rings. The minimum Gasteiger partial charge on any atom is -0.481 e. The number of nitrogen functional groups attached to an aromatic ring is 1. The van der Waals surface area contributed by atoms with Crippen LogP contribution >= 0.6 is 12.4 Å². The van der Waals surface area contributed by atoms with Crippen LogP contribution in [0.1, 0.15) is 18.4 Å². The summed E-state index contributed by atoms with van der Waals surface area (Å²) in [5, 5.41) is 8.43. The third-order valence-electron chi connectivity index (χ3n) is 1.89. The molecule has 0 aliphatic carbocycles. The van der Waals surface area contributed by atoms with E-state index >= 15 is 0 Å². The van der Waals surface area contributed by atoms with E-state index in [2.05, 4.69) is 0 Å². The molecular formula is C10H14ClNO2. The van der Waals surface area contributed by atoms with Crippen LogP contribution in [-0.2, 0) is 11.2 Å². The predicted molar refractivity (Wildman–Crippen MR) is 58.7 cm³/mol. The molecule has 3 N–H and O–H groups in total. The number of halogens is 1. The van der Waals surface area contributed by atoms with E-state index in [0.717, 1.165) is 17.7 Å². The standard InChI is InChI=1S/C10H13NO2.ClH/c11-9-6-2-1-4-8(9)5-3-7-10(12)13;/h1-2,4,6H,3,5,7,11H2,(H,12,13);1H. The molecule has 0 heterocycles. The van der Waals surface area contributed by atoms with Gasteiger partial charge in [0, 0.05) is 12.1 Å². The molecular weight excluding hydrogens is 202 g/mol. The Balaban J connectivity index is 0.00000169. The topological polar surface area (TPSA) is 63.3 Å². The molecule has 1 rings (SSSR count). The van der Waals surface area contributed by atoms with E-state index in [0.29, 0.717) is 6.42 Å². The minimum atomic E-state index is -0.755. The Kier molecular flexibility index (Phi) is 5.72. The second-order valence-corrected chi connectivity index (χ2v) is 2.95. The Morgan fingerprint density at radius 2 is 2.00 bits per heavy atom. The molecule has 0 spiro atoms. The SMILES string of the molecule is Cl.Nc1ccccc1CCCC(=O)O. The highest BCUT2D eigenvalue weighted by molar-refractivity contribution is 5.85. The van der Waals surface area contributed by atoms with Gasteiger partial charge in [-0.15, -0.1) is 12.4 Å². The van der Waals surface area contributed by atoms with Gasteiger partial charge in [0.25, 0.3) is 0 Å². The van der Waals surface area contributed by atoms with Crippen LogP contribution in [0.3, 0.4) is 0 Å². The van der Waals surface area contributed by atoms with Crippen LogP contribution in [0.4, 0.5) is 5.69 Å². The third kappa shape index (κ3) is 4.14. The van der Waals surface area contributed by atoms with Gasteiger partial charge in [0.2, 0.25) is 0 Å². The fourth-order valence-electron chi connectivity index (χ4n) is 1.19. The first-order valence-corrected chi connectivity index (χ1v) is 4.25. The predicted octanol–water partition coefficient (Wildman–Crippen LogP) is 2.10. The second kappa shape index (κ2) is 6.27. The van der Waals surface area contributed by atoms with Gasteiger partial charge in [0.1, 0.15) is 0 Å². The molecule has 0 unspecified atom stereocenters. The first kappa shape index (κ1) is 12.8. The van der Waals surface area contributed by atoms with Crippen LogP contribution in [0.25, 0.3) is 0 Å². The summed E-state index contributed by atoms with van der Waals surface area (Å²) in [6, 6.07) is 7.54. The lowest BCUT2D eigenvalue weighted by Crippen LogP contribution is -1.98. The average Bonchev–Trinajstić information content (AvgIpc) is 2.08. The zero-order valence-corrected chi connectivity index (χ0v) is 8.59. The van der Waals surface area contributed by atoms with Crippen molar-refractivity contribution in [3.8, 4) is 0 Å². The third-order valence-corrected chi connectivity index (χ3v) is 1.89. The highest BCUT2D eigenvalue weighted by atomic mass is 35.5. The van der Waals surface area contributed by atoms with Gasteiger partial charge in [-0.05, 0) is 24.5 Å². The largest absolute Gasteiger partial charge is 0.481 e. The van der Waals surface area contributed by atoms with Gasteiger partial charge < -0.3 is 10.8 Å². The van der Waals surface area contributed by atoms with E-state index in [9.17, 15) is 4.79 Å². The molecule has 0 radical (unpaired) electrons. The van der Waals surface area contributed by atoms with Crippen molar-refractivity contribution >= 4 is 24.1 Å². The highest BCUT2D eigenvalue weighted by Crippen LogP contribution is 2.13. The number of hydrogen-bond acceptors (Lipinski definition) is 2. The summed E-state index contributed by atoms with van der Waals surface area (Å²) in [5.74, 6) is -0.755. The minimum absolute atomic E-state index is 0. The number of aryl methyl sites for hydroxylation is 1. The number of hydrogen-bond donors (Lipinski definition) is 2. The molecule has 1 aromatic rings. The number of aliphatic carboxylic acids is 1. The molecule has 0 saturated heterocycles. The van der Waals surface area contributed by atoms with Gasteiger partial charge in [0.05, 0.1) is 0 Å². The van der Waals surface area contributed by atoms with Crippen molar-refractivity contribution in [2.45, 2.75) is 19.3 Å². The molecule has 0 aromatic heterocycles. The van der Waals surface area contributed by atoms with Crippen molar-refractivity contribution < 1.29 is 9.90 Å². The van der Waals surface area contributed by atoms with Crippen LogP contribution < -0.4 is 5.73 Å². The summed E-state index contributed by atoms with van der Waals surface area (Å²) in [5.41, 5.74) is 7.46. The smallest absolute Gasteiger partial charge is 0.303 e. The number of para-hydroxylation sites is 1. The van der Waals surface area contributed by atoms with Gasteiger partial charge in [0.15, 0.2) is 0 Å². The normalized spacial score (nSPS) is 9.14.